The number of aryl methyl sites for hydroxylation is 1. The van der Waals surface area contributed by atoms with Crippen LogP contribution in [0.5, 0.6) is 0 Å². The Labute approximate surface area is 150 Å². The molecular weight excluding hydrogens is 351 g/mol. The van der Waals surface area contributed by atoms with Crippen molar-refractivity contribution in [2.24, 2.45) is 0 Å². The number of rotatable bonds is 2. The first-order chi connectivity index (χ1) is 11.0. The topological polar surface area (TPSA) is 32.3 Å². The molecule has 1 heterocycles. The molecule has 0 saturated carbocycles. The number of carbonyl (C=O) groups is 1. The smallest absolute Gasteiger partial charge is 0.308 e. The molecule has 1 aliphatic rings. The average molecular weight is 367 g/mol. The van der Waals surface area contributed by atoms with E-state index < -0.39 is 0 Å². The zero-order valence-electron chi connectivity index (χ0n) is 12.6. The normalized spacial score (nSPS) is 17.3. The molecule has 1 aliphatic heterocycles. The molecule has 1 saturated heterocycles. The number of carbonyl (C=O) groups excluding carboxylic acids is 1. The minimum Gasteiger partial charge on any atom is -0.308 e. The molecule has 1 fully saturated rings. The van der Waals surface area contributed by atoms with Crippen LogP contribution >= 0.6 is 35.0 Å². The Kier molecular flexibility index (Phi) is 5.05. The summed E-state index contributed by atoms with van der Waals surface area (Å²) in [6.07, 6.45) is 0. The standard InChI is InChI=1S/C17H16Cl2N2OS/c1-11-2-7-15(14(19)10-11)20-17(22)21-8-9-23-16(21)12-3-5-13(18)6-4-12/h2-7,10,16H,8-9H2,1H3,(H,20,22). The Bertz CT molecular complexity index is 721. The summed E-state index contributed by atoms with van der Waals surface area (Å²) in [7, 11) is 0. The van der Waals surface area contributed by atoms with Gasteiger partial charge in [0.05, 0.1) is 10.7 Å². The van der Waals surface area contributed by atoms with Crippen LogP contribution in [0.4, 0.5) is 10.5 Å². The Morgan fingerprint density at radius 1 is 1.22 bits per heavy atom. The van der Waals surface area contributed by atoms with E-state index in [9.17, 15) is 4.79 Å². The van der Waals surface area contributed by atoms with Crippen molar-refractivity contribution in [1.82, 2.24) is 4.90 Å². The second-order valence-electron chi connectivity index (χ2n) is 5.38. The maximum atomic E-state index is 12.6. The summed E-state index contributed by atoms with van der Waals surface area (Å²) in [4.78, 5) is 14.4. The Balaban J connectivity index is 1.76. The van der Waals surface area contributed by atoms with Gasteiger partial charge in [-0.15, -0.1) is 11.8 Å². The van der Waals surface area contributed by atoms with Crippen molar-refractivity contribution in [3.05, 3.63) is 63.6 Å². The molecule has 1 N–H and O–H groups in total. The highest BCUT2D eigenvalue weighted by molar-refractivity contribution is 7.99. The number of thioether (sulfide) groups is 1. The number of urea groups is 1. The summed E-state index contributed by atoms with van der Waals surface area (Å²) >= 11 is 13.9. The van der Waals surface area contributed by atoms with Crippen LogP contribution in [-0.4, -0.2) is 23.2 Å². The summed E-state index contributed by atoms with van der Waals surface area (Å²) in [5.74, 6) is 0.905. The molecule has 0 spiro atoms. The van der Waals surface area contributed by atoms with Gasteiger partial charge in [0.1, 0.15) is 5.37 Å². The Morgan fingerprint density at radius 2 is 1.96 bits per heavy atom. The monoisotopic (exact) mass is 366 g/mol. The first kappa shape index (κ1) is 16.5. The van der Waals surface area contributed by atoms with Gasteiger partial charge in [0.2, 0.25) is 0 Å². The summed E-state index contributed by atoms with van der Waals surface area (Å²) in [6, 6.07) is 13.1. The summed E-state index contributed by atoms with van der Waals surface area (Å²) < 4.78 is 0. The van der Waals surface area contributed by atoms with E-state index in [1.807, 2.05) is 54.3 Å². The molecule has 1 unspecified atom stereocenters. The molecule has 0 aromatic heterocycles. The highest BCUT2D eigenvalue weighted by Gasteiger charge is 2.30. The molecule has 3 rings (SSSR count). The number of benzene rings is 2. The SMILES string of the molecule is Cc1ccc(NC(=O)N2CCSC2c2ccc(Cl)cc2)c(Cl)c1. The molecule has 23 heavy (non-hydrogen) atoms. The Hall–Kier alpha value is -1.36. The second kappa shape index (κ2) is 7.04. The van der Waals surface area contributed by atoms with Crippen LogP contribution in [0.3, 0.4) is 0 Å². The third kappa shape index (κ3) is 3.77. The van der Waals surface area contributed by atoms with Crippen LogP contribution in [-0.2, 0) is 0 Å². The number of hydrogen-bond donors (Lipinski definition) is 1. The predicted molar refractivity (Wildman–Crippen MR) is 98.6 cm³/mol. The summed E-state index contributed by atoms with van der Waals surface area (Å²) in [6.45, 7) is 2.67. The van der Waals surface area contributed by atoms with E-state index in [2.05, 4.69) is 5.32 Å². The van der Waals surface area contributed by atoms with Gasteiger partial charge in [-0.2, -0.15) is 0 Å². The third-order valence-electron chi connectivity index (χ3n) is 3.67. The number of amides is 2. The fourth-order valence-corrected chi connectivity index (χ4v) is 4.15. The first-order valence-corrected chi connectivity index (χ1v) is 9.06. The van der Waals surface area contributed by atoms with Crippen LogP contribution < -0.4 is 5.32 Å². The van der Waals surface area contributed by atoms with E-state index in [1.165, 1.54) is 0 Å². The van der Waals surface area contributed by atoms with Crippen molar-refractivity contribution in [2.45, 2.75) is 12.3 Å². The average Bonchev–Trinajstić information content (AvgIpc) is 3.00. The quantitative estimate of drug-likeness (QED) is 0.751. The maximum absolute atomic E-state index is 12.6. The van der Waals surface area contributed by atoms with Crippen molar-refractivity contribution < 1.29 is 4.79 Å². The molecule has 3 nitrogen and oxygen atoms in total. The lowest BCUT2D eigenvalue weighted by atomic mass is 10.2. The van der Waals surface area contributed by atoms with Gasteiger partial charge in [0.25, 0.3) is 0 Å². The van der Waals surface area contributed by atoms with E-state index in [-0.39, 0.29) is 11.4 Å². The fraction of sp³-hybridized carbons (Fsp3) is 0.235. The minimum absolute atomic E-state index is 0.00325. The molecule has 1 atom stereocenters. The molecule has 0 bridgehead atoms. The van der Waals surface area contributed by atoms with Crippen LogP contribution in [0, 0.1) is 6.92 Å². The van der Waals surface area contributed by atoms with Gasteiger partial charge in [-0.25, -0.2) is 4.79 Å². The van der Waals surface area contributed by atoms with Crippen LogP contribution in [0.25, 0.3) is 0 Å². The highest BCUT2D eigenvalue weighted by Crippen LogP contribution is 2.38. The molecule has 2 amide bonds. The number of hydrogen-bond acceptors (Lipinski definition) is 2. The number of nitrogens with one attached hydrogen (secondary N) is 1. The summed E-state index contributed by atoms with van der Waals surface area (Å²) in [5, 5.41) is 4.15. The fourth-order valence-electron chi connectivity index (χ4n) is 2.49. The third-order valence-corrected chi connectivity index (χ3v) is 5.50. The van der Waals surface area contributed by atoms with Crippen LogP contribution in [0.15, 0.2) is 42.5 Å². The lowest BCUT2D eigenvalue weighted by Crippen LogP contribution is -2.34. The van der Waals surface area contributed by atoms with Gasteiger partial charge in [0, 0.05) is 17.3 Å². The number of anilines is 1. The van der Waals surface area contributed by atoms with Gasteiger partial charge in [-0.1, -0.05) is 41.4 Å². The molecule has 6 heteroatoms. The van der Waals surface area contributed by atoms with Gasteiger partial charge in [-0.3, -0.25) is 0 Å². The van der Waals surface area contributed by atoms with Gasteiger partial charge in [0.15, 0.2) is 0 Å². The van der Waals surface area contributed by atoms with E-state index in [0.717, 1.165) is 16.9 Å². The highest BCUT2D eigenvalue weighted by atomic mass is 35.5. The van der Waals surface area contributed by atoms with Crippen molar-refractivity contribution in [2.75, 3.05) is 17.6 Å². The number of nitrogens with zero attached hydrogens (tertiary/aromatic N) is 1. The predicted octanol–water partition coefficient (Wildman–Crippen LogP) is 5.58. The van der Waals surface area contributed by atoms with Crippen molar-refractivity contribution in [1.29, 1.82) is 0 Å². The number of halogens is 2. The summed E-state index contributed by atoms with van der Waals surface area (Å²) in [5.41, 5.74) is 2.76. The zero-order chi connectivity index (χ0) is 16.4. The van der Waals surface area contributed by atoms with E-state index in [1.54, 1.807) is 11.8 Å². The molecule has 2 aromatic rings. The maximum Gasteiger partial charge on any atom is 0.323 e. The van der Waals surface area contributed by atoms with E-state index in [0.29, 0.717) is 22.3 Å². The first-order valence-electron chi connectivity index (χ1n) is 7.25. The van der Waals surface area contributed by atoms with E-state index >= 15 is 0 Å². The van der Waals surface area contributed by atoms with Crippen LogP contribution in [0.1, 0.15) is 16.5 Å². The minimum atomic E-state index is -0.138. The molecule has 0 aliphatic carbocycles. The second-order valence-corrected chi connectivity index (χ2v) is 7.41. The van der Waals surface area contributed by atoms with Gasteiger partial charge < -0.3 is 10.2 Å². The molecule has 120 valence electrons. The van der Waals surface area contributed by atoms with E-state index in [4.69, 9.17) is 23.2 Å². The van der Waals surface area contributed by atoms with Gasteiger partial charge in [-0.05, 0) is 42.3 Å². The largest absolute Gasteiger partial charge is 0.323 e. The van der Waals surface area contributed by atoms with Crippen molar-refractivity contribution in [3.63, 3.8) is 0 Å². The van der Waals surface area contributed by atoms with Crippen molar-refractivity contribution >= 4 is 46.7 Å². The van der Waals surface area contributed by atoms with Crippen LogP contribution in [0.2, 0.25) is 10.0 Å². The molecular formula is C17H16Cl2N2OS. The van der Waals surface area contributed by atoms with Gasteiger partial charge >= 0.3 is 6.03 Å². The lowest BCUT2D eigenvalue weighted by molar-refractivity contribution is 0.214. The Morgan fingerprint density at radius 3 is 2.65 bits per heavy atom. The van der Waals surface area contributed by atoms with Crippen molar-refractivity contribution in [3.8, 4) is 0 Å². The molecule has 2 aromatic carbocycles. The lowest BCUT2D eigenvalue weighted by Gasteiger charge is -2.24. The molecule has 0 radical (unpaired) electrons. The zero-order valence-corrected chi connectivity index (χ0v) is 14.9.